The summed E-state index contributed by atoms with van der Waals surface area (Å²) in [7, 11) is 0. The molecule has 6 nitrogen and oxygen atoms in total. The highest BCUT2D eigenvalue weighted by Crippen LogP contribution is 2.32. The second-order valence-corrected chi connectivity index (χ2v) is 7.23. The van der Waals surface area contributed by atoms with Gasteiger partial charge < -0.3 is 15.2 Å². The largest absolute Gasteiger partial charge is 0.481 e. The van der Waals surface area contributed by atoms with Crippen LogP contribution in [0.15, 0.2) is 52.4 Å². The summed E-state index contributed by atoms with van der Waals surface area (Å²) in [6.45, 7) is -0.500. The number of amides is 1. The molecule has 138 valence electrons. The highest BCUT2D eigenvalue weighted by Gasteiger charge is 2.24. The van der Waals surface area contributed by atoms with E-state index in [4.69, 9.17) is 33.0 Å². The first-order chi connectivity index (χ1) is 12.9. The van der Waals surface area contributed by atoms with E-state index in [0.717, 1.165) is 11.8 Å². The lowest BCUT2D eigenvalue weighted by molar-refractivity contribution is -0.139. The lowest BCUT2D eigenvalue weighted by Crippen LogP contribution is -2.19. The van der Waals surface area contributed by atoms with E-state index in [1.165, 1.54) is 0 Å². The minimum absolute atomic E-state index is 0.311. The maximum absolute atomic E-state index is 12.2. The average molecular weight is 423 g/mol. The van der Waals surface area contributed by atoms with Crippen LogP contribution in [-0.2, 0) is 9.59 Å². The fourth-order valence-corrected chi connectivity index (χ4v) is 3.30. The molecule has 2 aromatic rings. The van der Waals surface area contributed by atoms with Crippen molar-refractivity contribution in [3.8, 4) is 5.75 Å². The van der Waals surface area contributed by atoms with Crippen molar-refractivity contribution in [1.29, 1.82) is 0 Å². The number of nitrogens with zero attached hydrogens (tertiary/aromatic N) is 1. The molecule has 0 saturated carbocycles. The predicted molar refractivity (Wildman–Crippen MR) is 107 cm³/mol. The van der Waals surface area contributed by atoms with Crippen molar-refractivity contribution in [2.24, 2.45) is 4.99 Å². The third-order valence-corrected chi connectivity index (χ3v) is 4.71. The SMILES string of the molecule is O=C(O)COc1ccc(Cl)cc1/C=C1\SC(=Nc2ccc(Cl)cc2)NC1=O. The first-order valence-electron chi connectivity index (χ1n) is 7.60. The number of carbonyl (C=O) groups is 2. The van der Waals surface area contributed by atoms with Crippen LogP contribution in [0.25, 0.3) is 6.08 Å². The first kappa shape index (κ1) is 19.3. The molecule has 0 unspecified atom stereocenters. The maximum atomic E-state index is 12.2. The first-order valence-corrected chi connectivity index (χ1v) is 9.17. The predicted octanol–water partition coefficient (Wildman–Crippen LogP) is 4.35. The summed E-state index contributed by atoms with van der Waals surface area (Å²) < 4.78 is 5.25. The number of halogens is 2. The standard InChI is InChI=1S/C18H12Cl2N2O4S/c19-11-1-4-13(5-2-11)21-18-22-17(25)15(27-18)8-10-7-12(20)3-6-14(10)26-9-16(23)24/h1-8H,9H2,(H,23,24)(H,21,22,25)/b15-8-. The van der Waals surface area contributed by atoms with Gasteiger partial charge in [-0.1, -0.05) is 23.2 Å². The van der Waals surface area contributed by atoms with Crippen molar-refractivity contribution in [2.75, 3.05) is 6.61 Å². The molecule has 2 N–H and O–H groups in total. The van der Waals surface area contributed by atoms with E-state index in [2.05, 4.69) is 10.3 Å². The van der Waals surface area contributed by atoms with Crippen molar-refractivity contribution in [3.63, 3.8) is 0 Å². The molecule has 0 aromatic heterocycles. The van der Waals surface area contributed by atoms with E-state index in [9.17, 15) is 9.59 Å². The molecule has 0 bridgehead atoms. The Morgan fingerprint density at radius 2 is 1.89 bits per heavy atom. The molecule has 1 fully saturated rings. The van der Waals surface area contributed by atoms with Gasteiger partial charge in [0.05, 0.1) is 10.6 Å². The van der Waals surface area contributed by atoms with Gasteiger partial charge in [0.2, 0.25) is 0 Å². The number of thioether (sulfide) groups is 1. The Morgan fingerprint density at radius 3 is 2.59 bits per heavy atom. The molecule has 1 amide bonds. The van der Waals surface area contributed by atoms with Gasteiger partial charge in [-0.15, -0.1) is 0 Å². The zero-order valence-electron chi connectivity index (χ0n) is 13.6. The Morgan fingerprint density at radius 1 is 1.19 bits per heavy atom. The molecule has 1 saturated heterocycles. The fraction of sp³-hybridized carbons (Fsp3) is 0.0556. The zero-order chi connectivity index (χ0) is 19.4. The number of carbonyl (C=O) groups excluding carboxylic acids is 1. The van der Waals surface area contributed by atoms with Crippen molar-refractivity contribution >= 4 is 63.8 Å². The summed E-state index contributed by atoms with van der Waals surface area (Å²) >= 11 is 13.0. The van der Waals surface area contributed by atoms with Crippen LogP contribution in [0.4, 0.5) is 5.69 Å². The Bertz CT molecular complexity index is 958. The molecule has 0 radical (unpaired) electrons. The van der Waals surface area contributed by atoms with Gasteiger partial charge in [0, 0.05) is 15.6 Å². The van der Waals surface area contributed by atoms with Crippen LogP contribution in [0.2, 0.25) is 10.0 Å². The van der Waals surface area contributed by atoms with E-state index in [1.807, 2.05) is 0 Å². The molecule has 1 aliphatic heterocycles. The third kappa shape index (κ3) is 5.26. The molecule has 0 aliphatic carbocycles. The van der Waals surface area contributed by atoms with Crippen LogP contribution in [0, 0.1) is 0 Å². The highest BCUT2D eigenvalue weighted by atomic mass is 35.5. The average Bonchev–Trinajstić information content (AvgIpc) is 2.95. The minimum Gasteiger partial charge on any atom is -0.481 e. The third-order valence-electron chi connectivity index (χ3n) is 3.32. The smallest absolute Gasteiger partial charge is 0.341 e. The minimum atomic E-state index is -1.10. The van der Waals surface area contributed by atoms with Crippen LogP contribution in [0.5, 0.6) is 5.75 Å². The van der Waals surface area contributed by atoms with Crippen LogP contribution < -0.4 is 10.1 Å². The summed E-state index contributed by atoms with van der Waals surface area (Å²) in [5, 5.41) is 12.9. The molecule has 2 aromatic carbocycles. The molecule has 27 heavy (non-hydrogen) atoms. The second-order valence-electron chi connectivity index (χ2n) is 5.32. The number of aliphatic carboxylic acids is 1. The Balaban J connectivity index is 1.85. The second kappa shape index (κ2) is 8.47. The zero-order valence-corrected chi connectivity index (χ0v) is 15.9. The number of benzene rings is 2. The molecular formula is C18H12Cl2N2O4S. The van der Waals surface area contributed by atoms with E-state index in [-0.39, 0.29) is 5.91 Å². The number of hydrogen-bond donors (Lipinski definition) is 2. The molecule has 1 aliphatic rings. The number of ether oxygens (including phenoxy) is 1. The summed E-state index contributed by atoms with van der Waals surface area (Å²) in [4.78, 5) is 27.7. The van der Waals surface area contributed by atoms with Crippen LogP contribution in [0.3, 0.4) is 0 Å². The molecule has 1 heterocycles. The monoisotopic (exact) mass is 422 g/mol. The summed E-state index contributed by atoms with van der Waals surface area (Å²) in [5.41, 5.74) is 1.14. The van der Waals surface area contributed by atoms with E-state index >= 15 is 0 Å². The molecule has 0 atom stereocenters. The van der Waals surface area contributed by atoms with Gasteiger partial charge in [-0.3, -0.25) is 4.79 Å². The summed E-state index contributed by atoms with van der Waals surface area (Å²) in [5.74, 6) is -1.11. The van der Waals surface area contributed by atoms with Crippen LogP contribution in [0.1, 0.15) is 5.56 Å². The molecule has 9 heteroatoms. The van der Waals surface area contributed by atoms with E-state index < -0.39 is 12.6 Å². The number of amidine groups is 1. The highest BCUT2D eigenvalue weighted by molar-refractivity contribution is 8.18. The van der Waals surface area contributed by atoms with Crippen molar-refractivity contribution in [1.82, 2.24) is 5.32 Å². The Kier molecular flexibility index (Phi) is 6.05. The van der Waals surface area contributed by atoms with Crippen molar-refractivity contribution < 1.29 is 19.4 Å². The van der Waals surface area contributed by atoms with E-state index in [0.29, 0.717) is 37.1 Å². The van der Waals surface area contributed by atoms with Gasteiger partial charge in [-0.05, 0) is 60.3 Å². The number of carboxylic acids is 1. The van der Waals surface area contributed by atoms with Gasteiger partial charge in [-0.2, -0.15) is 0 Å². The summed E-state index contributed by atoms with van der Waals surface area (Å²) in [6.07, 6.45) is 1.58. The number of nitrogens with one attached hydrogen (secondary N) is 1. The molecule has 3 rings (SSSR count). The van der Waals surface area contributed by atoms with Gasteiger partial charge in [0.25, 0.3) is 5.91 Å². The van der Waals surface area contributed by atoms with Crippen molar-refractivity contribution in [2.45, 2.75) is 0 Å². The van der Waals surface area contributed by atoms with Gasteiger partial charge in [0.1, 0.15) is 5.75 Å². The van der Waals surface area contributed by atoms with Crippen molar-refractivity contribution in [3.05, 3.63) is 63.0 Å². The van der Waals surface area contributed by atoms with Crippen LogP contribution in [-0.4, -0.2) is 28.8 Å². The lowest BCUT2D eigenvalue weighted by Gasteiger charge is -2.08. The van der Waals surface area contributed by atoms with Gasteiger partial charge in [0.15, 0.2) is 11.8 Å². The lowest BCUT2D eigenvalue weighted by atomic mass is 10.2. The van der Waals surface area contributed by atoms with Gasteiger partial charge >= 0.3 is 5.97 Å². The number of aliphatic imine (C=N–C) groups is 1. The van der Waals surface area contributed by atoms with Crippen LogP contribution >= 0.6 is 35.0 Å². The Hall–Kier alpha value is -2.48. The fourth-order valence-electron chi connectivity index (χ4n) is 2.16. The van der Waals surface area contributed by atoms with E-state index in [1.54, 1.807) is 48.5 Å². The molecular weight excluding hydrogens is 411 g/mol. The maximum Gasteiger partial charge on any atom is 0.341 e. The van der Waals surface area contributed by atoms with Gasteiger partial charge in [-0.25, -0.2) is 9.79 Å². The molecule has 0 spiro atoms. The topological polar surface area (TPSA) is 88.0 Å². The normalized spacial score (nSPS) is 16.6. The quantitative estimate of drug-likeness (QED) is 0.699. The number of rotatable bonds is 5. The number of carboxylic acid groups (broad SMARTS) is 1. The summed E-state index contributed by atoms with van der Waals surface area (Å²) in [6, 6.07) is 11.6. The Labute approximate surface area is 168 Å². The number of hydrogen-bond acceptors (Lipinski definition) is 5.